The molecule has 0 N–H and O–H groups in total. The fourth-order valence-electron chi connectivity index (χ4n) is 2.80. The van der Waals surface area contributed by atoms with Crippen molar-refractivity contribution in [2.24, 2.45) is 0 Å². The number of nitrogens with zero attached hydrogens (tertiary/aromatic N) is 2. The highest BCUT2D eigenvalue weighted by molar-refractivity contribution is 7.08. The third-order valence-corrected chi connectivity index (χ3v) is 5.05. The molecule has 1 aliphatic rings. The number of carbonyl (C=O) groups excluding carboxylic acids is 1. The van der Waals surface area contributed by atoms with E-state index in [1.54, 1.807) is 11.3 Å². The second-order valence-corrected chi connectivity index (χ2v) is 6.82. The summed E-state index contributed by atoms with van der Waals surface area (Å²) in [4.78, 5) is 16.6. The van der Waals surface area contributed by atoms with Gasteiger partial charge in [-0.3, -0.25) is 4.79 Å². The van der Waals surface area contributed by atoms with Gasteiger partial charge in [0.05, 0.1) is 6.42 Å². The first-order valence-corrected chi connectivity index (χ1v) is 8.75. The molecule has 116 valence electrons. The number of thiophene rings is 1. The van der Waals surface area contributed by atoms with Gasteiger partial charge in [0, 0.05) is 36.9 Å². The van der Waals surface area contributed by atoms with E-state index >= 15 is 0 Å². The van der Waals surface area contributed by atoms with Crippen LogP contribution in [-0.2, 0) is 11.2 Å². The van der Waals surface area contributed by atoms with Crippen LogP contribution in [0.2, 0.25) is 5.02 Å². The Morgan fingerprint density at radius 3 is 2.68 bits per heavy atom. The Labute approximate surface area is 140 Å². The summed E-state index contributed by atoms with van der Waals surface area (Å²) >= 11 is 7.74. The van der Waals surface area contributed by atoms with Crippen LogP contribution in [0.5, 0.6) is 0 Å². The molecule has 5 heteroatoms. The fraction of sp³-hybridized carbons (Fsp3) is 0.353. The first-order chi connectivity index (χ1) is 10.6. The molecule has 1 aromatic carbocycles. The van der Waals surface area contributed by atoms with Crippen molar-refractivity contribution < 1.29 is 4.79 Å². The van der Waals surface area contributed by atoms with Crippen molar-refractivity contribution >= 4 is 34.5 Å². The molecule has 0 bridgehead atoms. The molecule has 1 fully saturated rings. The van der Waals surface area contributed by atoms with Crippen molar-refractivity contribution in [1.82, 2.24) is 4.90 Å². The van der Waals surface area contributed by atoms with Crippen molar-refractivity contribution in [2.75, 3.05) is 31.1 Å². The SMILES string of the molecule is Cc1ccc(Cl)cc1N1CCN(C(=O)Cc2ccsc2)CC1. The molecule has 0 saturated carbocycles. The monoisotopic (exact) mass is 334 g/mol. The zero-order valence-corrected chi connectivity index (χ0v) is 14.2. The Balaban J connectivity index is 1.60. The first-order valence-electron chi connectivity index (χ1n) is 7.43. The standard InChI is InChI=1S/C17H19ClN2OS/c1-13-2-3-15(18)11-16(13)19-5-7-20(8-6-19)17(21)10-14-4-9-22-12-14/h2-4,9,11-12H,5-8,10H2,1H3. The zero-order chi connectivity index (χ0) is 15.5. The summed E-state index contributed by atoms with van der Waals surface area (Å²) in [5, 5.41) is 4.82. The molecule has 1 amide bonds. The Bertz CT molecular complexity index is 649. The molecule has 0 unspecified atom stereocenters. The largest absolute Gasteiger partial charge is 0.368 e. The van der Waals surface area contributed by atoms with Crippen LogP contribution in [0, 0.1) is 6.92 Å². The predicted octanol–water partition coefficient (Wildman–Crippen LogP) is 3.60. The van der Waals surface area contributed by atoms with E-state index in [-0.39, 0.29) is 5.91 Å². The lowest BCUT2D eigenvalue weighted by Gasteiger charge is -2.37. The molecule has 22 heavy (non-hydrogen) atoms. The number of rotatable bonds is 3. The highest BCUT2D eigenvalue weighted by Crippen LogP contribution is 2.25. The van der Waals surface area contributed by atoms with Crippen molar-refractivity contribution in [3.05, 3.63) is 51.2 Å². The summed E-state index contributed by atoms with van der Waals surface area (Å²) in [6.07, 6.45) is 0.514. The van der Waals surface area contributed by atoms with Gasteiger partial charge in [0.1, 0.15) is 0 Å². The molecule has 0 radical (unpaired) electrons. The van der Waals surface area contributed by atoms with Crippen LogP contribution in [0.15, 0.2) is 35.0 Å². The molecule has 1 aromatic heterocycles. The maximum Gasteiger partial charge on any atom is 0.227 e. The number of halogens is 1. The van der Waals surface area contributed by atoms with E-state index in [9.17, 15) is 4.79 Å². The summed E-state index contributed by atoms with van der Waals surface area (Å²) in [6, 6.07) is 8.00. The lowest BCUT2D eigenvalue weighted by molar-refractivity contribution is -0.130. The summed E-state index contributed by atoms with van der Waals surface area (Å²) in [7, 11) is 0. The number of aryl methyl sites for hydroxylation is 1. The zero-order valence-electron chi connectivity index (χ0n) is 12.6. The van der Waals surface area contributed by atoms with Crippen LogP contribution >= 0.6 is 22.9 Å². The normalized spacial score (nSPS) is 15.2. The molecule has 0 aliphatic carbocycles. The number of benzene rings is 1. The molecule has 1 aliphatic heterocycles. The molecule has 0 atom stereocenters. The lowest BCUT2D eigenvalue weighted by Crippen LogP contribution is -2.49. The average molecular weight is 335 g/mol. The minimum atomic E-state index is 0.223. The Morgan fingerprint density at radius 2 is 2.00 bits per heavy atom. The predicted molar refractivity (Wildman–Crippen MR) is 93.0 cm³/mol. The molecular formula is C17H19ClN2OS. The van der Waals surface area contributed by atoms with Crippen molar-refractivity contribution in [3.8, 4) is 0 Å². The van der Waals surface area contributed by atoms with E-state index < -0.39 is 0 Å². The smallest absolute Gasteiger partial charge is 0.227 e. The van der Waals surface area contributed by atoms with Gasteiger partial charge in [-0.1, -0.05) is 17.7 Å². The van der Waals surface area contributed by atoms with E-state index in [4.69, 9.17) is 11.6 Å². The van der Waals surface area contributed by atoms with Gasteiger partial charge in [0.15, 0.2) is 0 Å². The molecule has 2 aromatic rings. The second kappa shape index (κ2) is 6.71. The minimum absolute atomic E-state index is 0.223. The summed E-state index contributed by atoms with van der Waals surface area (Å²) in [5.41, 5.74) is 3.52. The molecule has 3 rings (SSSR count). The van der Waals surface area contributed by atoms with Gasteiger partial charge in [0.2, 0.25) is 5.91 Å². The first kappa shape index (κ1) is 15.4. The summed E-state index contributed by atoms with van der Waals surface area (Å²) in [6.45, 7) is 5.36. The Kier molecular flexibility index (Phi) is 4.69. The quantitative estimate of drug-likeness (QED) is 0.856. The van der Waals surface area contributed by atoms with Gasteiger partial charge in [-0.05, 0) is 47.0 Å². The molecule has 2 heterocycles. The van der Waals surface area contributed by atoms with Crippen LogP contribution in [0.4, 0.5) is 5.69 Å². The Morgan fingerprint density at radius 1 is 1.23 bits per heavy atom. The van der Waals surface area contributed by atoms with Gasteiger partial charge in [-0.15, -0.1) is 0 Å². The third kappa shape index (κ3) is 3.45. The van der Waals surface area contributed by atoms with Crippen LogP contribution in [0.25, 0.3) is 0 Å². The average Bonchev–Trinajstić information content (AvgIpc) is 3.03. The van der Waals surface area contributed by atoms with Crippen LogP contribution in [0.1, 0.15) is 11.1 Å². The van der Waals surface area contributed by atoms with Gasteiger partial charge in [-0.2, -0.15) is 11.3 Å². The van der Waals surface area contributed by atoms with E-state index in [1.165, 1.54) is 11.3 Å². The van der Waals surface area contributed by atoms with Gasteiger partial charge >= 0.3 is 0 Å². The van der Waals surface area contributed by atoms with Gasteiger partial charge < -0.3 is 9.80 Å². The number of hydrogen-bond donors (Lipinski definition) is 0. The number of carbonyl (C=O) groups is 1. The van der Waals surface area contributed by atoms with E-state index in [0.29, 0.717) is 6.42 Å². The maximum absolute atomic E-state index is 12.3. The number of piperazine rings is 1. The van der Waals surface area contributed by atoms with E-state index in [2.05, 4.69) is 11.8 Å². The molecule has 0 spiro atoms. The van der Waals surface area contributed by atoms with E-state index in [1.807, 2.05) is 39.9 Å². The fourth-order valence-corrected chi connectivity index (χ4v) is 3.63. The minimum Gasteiger partial charge on any atom is -0.368 e. The van der Waals surface area contributed by atoms with Crippen LogP contribution < -0.4 is 4.90 Å². The molecule has 1 saturated heterocycles. The number of amides is 1. The number of anilines is 1. The molecular weight excluding hydrogens is 316 g/mol. The summed E-state index contributed by atoms with van der Waals surface area (Å²) in [5.74, 6) is 0.223. The molecule has 3 nitrogen and oxygen atoms in total. The highest BCUT2D eigenvalue weighted by atomic mass is 35.5. The Hall–Kier alpha value is -1.52. The second-order valence-electron chi connectivity index (χ2n) is 5.61. The topological polar surface area (TPSA) is 23.6 Å². The highest BCUT2D eigenvalue weighted by Gasteiger charge is 2.22. The van der Waals surface area contributed by atoms with Gasteiger partial charge in [0.25, 0.3) is 0 Å². The van der Waals surface area contributed by atoms with Crippen LogP contribution in [-0.4, -0.2) is 37.0 Å². The lowest BCUT2D eigenvalue weighted by atomic mass is 10.1. The van der Waals surface area contributed by atoms with Gasteiger partial charge in [-0.25, -0.2) is 0 Å². The maximum atomic E-state index is 12.3. The summed E-state index contributed by atoms with van der Waals surface area (Å²) < 4.78 is 0. The van der Waals surface area contributed by atoms with E-state index in [0.717, 1.165) is 36.8 Å². The van der Waals surface area contributed by atoms with Crippen molar-refractivity contribution in [1.29, 1.82) is 0 Å². The third-order valence-electron chi connectivity index (χ3n) is 4.08. The van der Waals surface area contributed by atoms with Crippen molar-refractivity contribution in [3.63, 3.8) is 0 Å². The van der Waals surface area contributed by atoms with Crippen molar-refractivity contribution in [2.45, 2.75) is 13.3 Å². The number of hydrogen-bond acceptors (Lipinski definition) is 3. The van der Waals surface area contributed by atoms with Crippen LogP contribution in [0.3, 0.4) is 0 Å².